The number of hydrogen-bond donors (Lipinski definition) is 0. The van der Waals surface area contributed by atoms with E-state index in [1.807, 2.05) is 34.5 Å². The van der Waals surface area contributed by atoms with Crippen molar-refractivity contribution in [2.24, 2.45) is 10.9 Å². The number of hydrogen-bond acceptors (Lipinski definition) is 7. The number of aromatic nitrogens is 1. The van der Waals surface area contributed by atoms with Crippen molar-refractivity contribution in [1.29, 1.82) is 0 Å². The van der Waals surface area contributed by atoms with Crippen LogP contribution in [0.5, 0.6) is 0 Å². The molecule has 0 N–H and O–H groups in total. The lowest BCUT2D eigenvalue weighted by Gasteiger charge is -2.41. The molecule has 3 aliphatic heterocycles. The number of benzene rings is 2. The predicted molar refractivity (Wildman–Crippen MR) is 144 cm³/mol. The first-order valence-corrected chi connectivity index (χ1v) is 13.7. The van der Waals surface area contributed by atoms with E-state index in [2.05, 4.69) is 29.2 Å². The fraction of sp³-hybridized carbons (Fsp3) is 0.310. The van der Waals surface area contributed by atoms with Gasteiger partial charge < -0.3 is 14.1 Å². The molecule has 0 bridgehead atoms. The van der Waals surface area contributed by atoms with Gasteiger partial charge in [-0.2, -0.15) is 0 Å². The van der Waals surface area contributed by atoms with Crippen LogP contribution in [0, 0.1) is 5.92 Å². The molecule has 5 heterocycles. The van der Waals surface area contributed by atoms with Gasteiger partial charge in [0, 0.05) is 74.1 Å². The van der Waals surface area contributed by atoms with E-state index in [-0.39, 0.29) is 17.7 Å². The minimum absolute atomic E-state index is 0.0389. The number of carbonyl (C=O) groups excluding carboxylic acids is 2. The van der Waals surface area contributed by atoms with Crippen LogP contribution in [0.4, 0.5) is 0 Å². The zero-order valence-electron chi connectivity index (χ0n) is 20.7. The summed E-state index contributed by atoms with van der Waals surface area (Å²) in [7, 11) is 0. The zero-order chi connectivity index (χ0) is 25.7. The lowest BCUT2D eigenvalue weighted by molar-refractivity contribution is -0.135. The highest BCUT2D eigenvalue weighted by molar-refractivity contribution is 7.11. The van der Waals surface area contributed by atoms with Crippen LogP contribution in [0.2, 0.25) is 0 Å². The van der Waals surface area contributed by atoms with Crippen LogP contribution in [-0.2, 0) is 9.53 Å². The second kappa shape index (κ2) is 9.18. The van der Waals surface area contributed by atoms with Gasteiger partial charge in [0.25, 0.3) is 11.8 Å². The van der Waals surface area contributed by atoms with E-state index in [4.69, 9.17) is 14.1 Å². The summed E-state index contributed by atoms with van der Waals surface area (Å²) >= 11 is 1.35. The standard InChI is InChI=1S/C29H26N4O4S/c34-27(26-30-10-14-38-26)32-16-19(17-32)18-33-25(31-29(28(33)35)8-12-36-13-9-29)21-3-1-20(2-4-21)22-5-6-24-23(15-22)7-11-37-24/h1-7,10-11,14-15,19H,8-9,12-13,16-18H2. The smallest absolute Gasteiger partial charge is 0.282 e. The topological polar surface area (TPSA) is 88.2 Å². The molecule has 2 amide bonds. The monoisotopic (exact) mass is 526 g/mol. The molecule has 4 aromatic rings. The maximum atomic E-state index is 13.8. The van der Waals surface area contributed by atoms with E-state index >= 15 is 0 Å². The van der Waals surface area contributed by atoms with Crippen molar-refractivity contribution in [3.63, 3.8) is 0 Å². The molecule has 1 spiro atoms. The van der Waals surface area contributed by atoms with Crippen LogP contribution in [0.15, 0.2) is 75.8 Å². The third-order valence-electron chi connectivity index (χ3n) is 7.77. The van der Waals surface area contributed by atoms with Gasteiger partial charge in [-0.15, -0.1) is 11.3 Å². The normalized spacial score (nSPS) is 19.3. The van der Waals surface area contributed by atoms with Crippen molar-refractivity contribution in [3.8, 4) is 11.1 Å². The Labute approximate surface area is 223 Å². The van der Waals surface area contributed by atoms with E-state index < -0.39 is 5.54 Å². The number of carbonyl (C=O) groups is 2. The molecule has 192 valence electrons. The Hall–Kier alpha value is -3.82. The maximum Gasteiger partial charge on any atom is 0.282 e. The van der Waals surface area contributed by atoms with E-state index in [9.17, 15) is 9.59 Å². The van der Waals surface area contributed by atoms with Crippen molar-refractivity contribution >= 4 is 40.0 Å². The third-order valence-corrected chi connectivity index (χ3v) is 8.53. The summed E-state index contributed by atoms with van der Waals surface area (Å²) in [6.07, 6.45) is 4.53. The Morgan fingerprint density at radius 1 is 1.03 bits per heavy atom. The van der Waals surface area contributed by atoms with E-state index in [1.54, 1.807) is 17.4 Å². The number of furan rings is 1. The summed E-state index contributed by atoms with van der Waals surface area (Å²) in [4.78, 5) is 39.3. The van der Waals surface area contributed by atoms with Gasteiger partial charge >= 0.3 is 0 Å². The number of amidine groups is 1. The van der Waals surface area contributed by atoms with Crippen molar-refractivity contribution < 1.29 is 18.7 Å². The first-order chi connectivity index (χ1) is 18.6. The van der Waals surface area contributed by atoms with Gasteiger partial charge in [-0.05, 0) is 29.3 Å². The number of fused-ring (bicyclic) bond motifs is 1. The minimum Gasteiger partial charge on any atom is -0.464 e. The summed E-state index contributed by atoms with van der Waals surface area (Å²) in [6.45, 7) is 2.83. The SMILES string of the molecule is O=C(c1nccs1)N1CC(CN2C(=O)C3(CCOCC3)N=C2c2ccc(-c3ccc4occc4c3)cc2)C1. The van der Waals surface area contributed by atoms with Crippen molar-refractivity contribution in [2.45, 2.75) is 18.4 Å². The number of thiazole rings is 1. The first kappa shape index (κ1) is 23.3. The molecule has 38 heavy (non-hydrogen) atoms. The predicted octanol–water partition coefficient (Wildman–Crippen LogP) is 4.47. The molecule has 0 radical (unpaired) electrons. The molecule has 2 aromatic heterocycles. The van der Waals surface area contributed by atoms with Gasteiger partial charge in [0.2, 0.25) is 0 Å². The van der Waals surface area contributed by atoms with Gasteiger partial charge in [0.1, 0.15) is 17.0 Å². The maximum absolute atomic E-state index is 13.8. The molecule has 0 unspecified atom stereocenters. The molecule has 7 rings (SSSR count). The van der Waals surface area contributed by atoms with Crippen molar-refractivity contribution in [3.05, 3.63) is 76.9 Å². The van der Waals surface area contributed by atoms with E-state index in [1.165, 1.54) is 11.3 Å². The largest absolute Gasteiger partial charge is 0.464 e. The summed E-state index contributed by atoms with van der Waals surface area (Å²) in [6, 6.07) is 16.4. The Morgan fingerprint density at radius 3 is 2.55 bits per heavy atom. The number of ether oxygens (including phenoxy) is 1. The van der Waals surface area contributed by atoms with Crippen molar-refractivity contribution in [1.82, 2.24) is 14.8 Å². The molecule has 2 fully saturated rings. The summed E-state index contributed by atoms with van der Waals surface area (Å²) in [5.74, 6) is 0.931. The second-order valence-corrected chi connectivity index (χ2v) is 11.1. The fourth-order valence-electron chi connectivity index (χ4n) is 5.61. The number of rotatable bonds is 5. The Balaban J connectivity index is 1.13. The van der Waals surface area contributed by atoms with Crippen LogP contribution >= 0.6 is 11.3 Å². The molecule has 0 atom stereocenters. The van der Waals surface area contributed by atoms with Crippen molar-refractivity contribution in [2.75, 3.05) is 32.8 Å². The molecule has 2 aromatic carbocycles. The van der Waals surface area contributed by atoms with Crippen LogP contribution < -0.4 is 0 Å². The van der Waals surface area contributed by atoms with Crippen LogP contribution in [0.3, 0.4) is 0 Å². The minimum atomic E-state index is -0.751. The van der Waals surface area contributed by atoms with Gasteiger partial charge in [0.05, 0.1) is 6.26 Å². The zero-order valence-corrected chi connectivity index (χ0v) is 21.5. The summed E-state index contributed by atoms with van der Waals surface area (Å²) in [5, 5.41) is 3.38. The quantitative estimate of drug-likeness (QED) is 0.383. The highest BCUT2D eigenvalue weighted by Crippen LogP contribution is 2.36. The van der Waals surface area contributed by atoms with Crippen LogP contribution in [0.25, 0.3) is 22.1 Å². The fourth-order valence-corrected chi connectivity index (χ4v) is 6.22. The number of amides is 2. The number of nitrogens with zero attached hydrogens (tertiary/aromatic N) is 4. The van der Waals surface area contributed by atoms with E-state index in [0.29, 0.717) is 50.7 Å². The first-order valence-electron chi connectivity index (χ1n) is 12.9. The van der Waals surface area contributed by atoms with Crippen LogP contribution in [0.1, 0.15) is 28.2 Å². The highest BCUT2D eigenvalue weighted by Gasteiger charge is 2.50. The summed E-state index contributed by atoms with van der Waals surface area (Å²) in [5.41, 5.74) is 3.23. The third kappa shape index (κ3) is 3.93. The molecular formula is C29H26N4O4S. The Kier molecular flexibility index (Phi) is 5.63. The molecule has 3 aliphatic rings. The molecular weight excluding hydrogens is 500 g/mol. The average molecular weight is 527 g/mol. The summed E-state index contributed by atoms with van der Waals surface area (Å²) < 4.78 is 11.0. The van der Waals surface area contributed by atoms with Gasteiger partial charge in [-0.3, -0.25) is 19.5 Å². The molecule has 9 heteroatoms. The lowest BCUT2D eigenvalue weighted by atomic mass is 9.90. The Morgan fingerprint density at radius 2 is 1.79 bits per heavy atom. The molecule has 8 nitrogen and oxygen atoms in total. The molecule has 0 aliphatic carbocycles. The molecule has 2 saturated heterocycles. The highest BCUT2D eigenvalue weighted by atomic mass is 32.1. The average Bonchev–Trinajstić information content (AvgIpc) is 3.68. The lowest BCUT2D eigenvalue weighted by Crippen LogP contribution is -2.56. The second-order valence-electron chi connectivity index (χ2n) is 10.2. The Bertz CT molecular complexity index is 1530. The van der Waals surface area contributed by atoms with Gasteiger partial charge in [-0.1, -0.05) is 30.3 Å². The van der Waals surface area contributed by atoms with Gasteiger partial charge in [0.15, 0.2) is 5.01 Å². The van der Waals surface area contributed by atoms with E-state index in [0.717, 1.165) is 33.5 Å². The molecule has 0 saturated carbocycles. The van der Waals surface area contributed by atoms with Crippen LogP contribution in [-0.4, -0.2) is 70.8 Å². The number of aliphatic imine (C=N–C) groups is 1. The van der Waals surface area contributed by atoms with Gasteiger partial charge in [-0.25, -0.2) is 4.98 Å². The number of likely N-dealkylation sites (tertiary alicyclic amines) is 1.